The first kappa shape index (κ1) is 13.4. The summed E-state index contributed by atoms with van der Waals surface area (Å²) in [5.74, 6) is 0. The van der Waals surface area contributed by atoms with Gasteiger partial charge >= 0.3 is 0 Å². The molecule has 0 saturated heterocycles. The van der Waals surface area contributed by atoms with Gasteiger partial charge in [0.25, 0.3) is 5.69 Å². The summed E-state index contributed by atoms with van der Waals surface area (Å²) in [6.07, 6.45) is 1.05. The van der Waals surface area contributed by atoms with Gasteiger partial charge in [-0.05, 0) is 38.6 Å². The fourth-order valence-electron chi connectivity index (χ4n) is 1.79. The van der Waals surface area contributed by atoms with Crippen LogP contribution in [-0.2, 0) is 0 Å². The molecule has 0 aliphatic heterocycles. The lowest BCUT2D eigenvalue weighted by Gasteiger charge is -2.21. The molecule has 0 spiro atoms. The quantitative estimate of drug-likeness (QED) is 0.467. The lowest BCUT2D eigenvalue weighted by Crippen LogP contribution is -2.22. The summed E-state index contributed by atoms with van der Waals surface area (Å²) in [5, 5.41) is 13.7. The lowest BCUT2D eigenvalue weighted by molar-refractivity contribution is -0.384. The van der Waals surface area contributed by atoms with Gasteiger partial charge < -0.3 is 10.2 Å². The Balaban J connectivity index is 2.74. The molecular weight excluding hydrogens is 218 g/mol. The number of benzene rings is 1. The Hall–Kier alpha value is -1.62. The van der Waals surface area contributed by atoms with Gasteiger partial charge in [0.05, 0.1) is 4.92 Å². The lowest BCUT2D eigenvalue weighted by atomic mass is 10.1. The molecule has 0 bridgehead atoms. The Bertz CT molecular complexity index is 393. The average molecular weight is 237 g/mol. The van der Waals surface area contributed by atoms with Gasteiger partial charge in [0.1, 0.15) is 0 Å². The van der Waals surface area contributed by atoms with Crippen LogP contribution in [0.4, 0.5) is 11.4 Å². The van der Waals surface area contributed by atoms with E-state index in [1.807, 2.05) is 27.1 Å². The van der Waals surface area contributed by atoms with Gasteiger partial charge in [-0.2, -0.15) is 0 Å². The predicted molar refractivity (Wildman–Crippen MR) is 69.6 cm³/mol. The van der Waals surface area contributed by atoms with Gasteiger partial charge in [-0.1, -0.05) is 0 Å². The molecule has 1 rings (SSSR count). The van der Waals surface area contributed by atoms with Crippen molar-refractivity contribution in [1.29, 1.82) is 0 Å². The molecule has 0 aromatic heterocycles. The zero-order valence-electron chi connectivity index (χ0n) is 10.6. The summed E-state index contributed by atoms with van der Waals surface area (Å²) in [5.41, 5.74) is 2.13. The Morgan fingerprint density at radius 2 is 2.18 bits per heavy atom. The van der Waals surface area contributed by atoms with E-state index >= 15 is 0 Å². The Labute approximate surface area is 102 Å². The van der Waals surface area contributed by atoms with Crippen LogP contribution in [0.2, 0.25) is 0 Å². The van der Waals surface area contributed by atoms with E-state index in [1.165, 1.54) is 0 Å². The van der Waals surface area contributed by atoms with Crippen molar-refractivity contribution >= 4 is 11.4 Å². The first-order valence-electron chi connectivity index (χ1n) is 5.67. The van der Waals surface area contributed by atoms with Gasteiger partial charge in [0.2, 0.25) is 0 Å². The predicted octanol–water partition coefficient (Wildman–Crippen LogP) is 1.95. The van der Waals surface area contributed by atoms with Crippen LogP contribution in [0, 0.1) is 17.0 Å². The standard InChI is InChI=1S/C12H19N3O2/c1-10-9-11(15(16)17)5-6-12(10)14(3)8-4-7-13-2/h5-6,9,13H,4,7-8H2,1-3H3. The molecule has 5 nitrogen and oxygen atoms in total. The van der Waals surface area contributed by atoms with Crippen molar-refractivity contribution in [3.63, 3.8) is 0 Å². The number of hydrogen-bond acceptors (Lipinski definition) is 4. The highest BCUT2D eigenvalue weighted by Gasteiger charge is 2.10. The summed E-state index contributed by atoms with van der Waals surface area (Å²) in [7, 11) is 3.93. The summed E-state index contributed by atoms with van der Waals surface area (Å²) in [4.78, 5) is 12.4. The minimum Gasteiger partial charge on any atom is -0.374 e. The van der Waals surface area contributed by atoms with Crippen LogP contribution in [0.15, 0.2) is 18.2 Å². The van der Waals surface area contributed by atoms with E-state index in [2.05, 4.69) is 10.2 Å². The average Bonchev–Trinajstić information content (AvgIpc) is 2.28. The van der Waals surface area contributed by atoms with E-state index in [1.54, 1.807) is 12.1 Å². The Morgan fingerprint density at radius 3 is 2.71 bits per heavy atom. The third kappa shape index (κ3) is 3.71. The second-order valence-corrected chi connectivity index (χ2v) is 4.11. The third-order valence-corrected chi connectivity index (χ3v) is 2.72. The van der Waals surface area contributed by atoms with Crippen LogP contribution in [0.1, 0.15) is 12.0 Å². The summed E-state index contributed by atoms with van der Waals surface area (Å²) in [6, 6.07) is 4.98. The fourth-order valence-corrected chi connectivity index (χ4v) is 1.79. The molecule has 0 aliphatic rings. The SMILES string of the molecule is CNCCCN(C)c1ccc([N+](=O)[O-])cc1C. The minimum absolute atomic E-state index is 0.148. The van der Waals surface area contributed by atoms with Crippen LogP contribution in [0.5, 0.6) is 0 Å². The molecule has 1 aromatic rings. The number of hydrogen-bond donors (Lipinski definition) is 1. The number of nitro groups is 1. The molecular formula is C12H19N3O2. The maximum atomic E-state index is 10.6. The molecule has 1 aromatic carbocycles. The van der Waals surface area contributed by atoms with Crippen LogP contribution >= 0.6 is 0 Å². The van der Waals surface area contributed by atoms with Crippen molar-refractivity contribution in [2.75, 3.05) is 32.1 Å². The van der Waals surface area contributed by atoms with Crippen molar-refractivity contribution in [3.05, 3.63) is 33.9 Å². The number of rotatable bonds is 6. The number of nitrogens with zero attached hydrogens (tertiary/aromatic N) is 2. The molecule has 0 unspecified atom stereocenters. The van der Waals surface area contributed by atoms with Crippen molar-refractivity contribution in [3.8, 4) is 0 Å². The van der Waals surface area contributed by atoms with Gasteiger partial charge in [-0.25, -0.2) is 0 Å². The number of aryl methyl sites for hydroxylation is 1. The van der Waals surface area contributed by atoms with Gasteiger partial charge in [0, 0.05) is 31.4 Å². The zero-order chi connectivity index (χ0) is 12.8. The molecule has 94 valence electrons. The highest BCUT2D eigenvalue weighted by Crippen LogP contribution is 2.23. The third-order valence-electron chi connectivity index (χ3n) is 2.72. The molecule has 5 heteroatoms. The highest BCUT2D eigenvalue weighted by molar-refractivity contribution is 5.56. The van der Waals surface area contributed by atoms with Crippen LogP contribution in [0.3, 0.4) is 0 Å². The first-order valence-corrected chi connectivity index (χ1v) is 5.67. The van der Waals surface area contributed by atoms with Gasteiger partial charge in [0.15, 0.2) is 0 Å². The smallest absolute Gasteiger partial charge is 0.269 e. The maximum absolute atomic E-state index is 10.6. The van der Waals surface area contributed by atoms with E-state index in [0.29, 0.717) is 0 Å². The molecule has 1 N–H and O–H groups in total. The van der Waals surface area contributed by atoms with Crippen LogP contribution in [-0.4, -0.2) is 32.1 Å². The van der Waals surface area contributed by atoms with Crippen molar-refractivity contribution in [2.24, 2.45) is 0 Å². The normalized spacial score (nSPS) is 10.3. The fraction of sp³-hybridized carbons (Fsp3) is 0.500. The van der Waals surface area contributed by atoms with Crippen molar-refractivity contribution in [1.82, 2.24) is 5.32 Å². The van der Waals surface area contributed by atoms with Crippen LogP contribution in [0.25, 0.3) is 0 Å². The first-order chi connectivity index (χ1) is 8.06. The van der Waals surface area contributed by atoms with E-state index in [4.69, 9.17) is 0 Å². The van der Waals surface area contributed by atoms with Gasteiger partial charge in [-0.15, -0.1) is 0 Å². The number of non-ortho nitro benzene ring substituents is 1. The summed E-state index contributed by atoms with van der Waals surface area (Å²) < 4.78 is 0. The van der Waals surface area contributed by atoms with Crippen molar-refractivity contribution in [2.45, 2.75) is 13.3 Å². The summed E-state index contributed by atoms with van der Waals surface area (Å²) >= 11 is 0. The molecule has 0 fully saturated rings. The Morgan fingerprint density at radius 1 is 1.47 bits per heavy atom. The molecule has 0 saturated carbocycles. The van der Waals surface area contributed by atoms with Gasteiger partial charge in [-0.3, -0.25) is 10.1 Å². The minimum atomic E-state index is -0.363. The molecule has 0 aliphatic carbocycles. The molecule has 17 heavy (non-hydrogen) atoms. The second-order valence-electron chi connectivity index (χ2n) is 4.11. The topological polar surface area (TPSA) is 58.4 Å². The van der Waals surface area contributed by atoms with Crippen molar-refractivity contribution < 1.29 is 4.92 Å². The van der Waals surface area contributed by atoms with E-state index < -0.39 is 0 Å². The van der Waals surface area contributed by atoms with E-state index in [-0.39, 0.29) is 10.6 Å². The zero-order valence-corrected chi connectivity index (χ0v) is 10.6. The highest BCUT2D eigenvalue weighted by atomic mass is 16.6. The maximum Gasteiger partial charge on any atom is 0.269 e. The number of nitrogens with one attached hydrogen (secondary N) is 1. The molecule has 0 atom stereocenters. The largest absolute Gasteiger partial charge is 0.374 e. The second kappa shape index (κ2) is 6.20. The number of anilines is 1. The number of nitro benzene ring substituents is 1. The Kier molecular flexibility index (Phi) is 4.90. The van der Waals surface area contributed by atoms with E-state index in [9.17, 15) is 10.1 Å². The summed E-state index contributed by atoms with van der Waals surface area (Å²) in [6.45, 7) is 3.80. The molecule has 0 amide bonds. The molecule has 0 radical (unpaired) electrons. The van der Waals surface area contributed by atoms with Crippen LogP contribution < -0.4 is 10.2 Å². The van der Waals surface area contributed by atoms with E-state index in [0.717, 1.165) is 30.8 Å². The monoisotopic (exact) mass is 237 g/mol. The molecule has 0 heterocycles.